The van der Waals surface area contributed by atoms with E-state index in [-0.39, 0.29) is 0 Å². The topological polar surface area (TPSA) is 41.9 Å². The van der Waals surface area contributed by atoms with Gasteiger partial charge in [-0.05, 0) is 42.0 Å². The maximum atomic E-state index is 6.17. The molecule has 2 N–H and O–H groups in total. The molecule has 0 spiro atoms. The highest BCUT2D eigenvalue weighted by Gasteiger charge is 2.07. The van der Waals surface area contributed by atoms with E-state index in [0.717, 1.165) is 5.56 Å². The molecule has 0 unspecified atom stereocenters. The molecule has 8 heteroatoms. The summed E-state index contributed by atoms with van der Waals surface area (Å²) in [6.07, 6.45) is 1.85. The highest BCUT2D eigenvalue weighted by atomic mass is 35.5. The van der Waals surface area contributed by atoms with Crippen LogP contribution < -0.4 is 10.6 Å². The molecule has 128 valence electrons. The van der Waals surface area contributed by atoms with E-state index in [1.807, 2.05) is 36.5 Å². The standard InChI is InChI=1S/C17H13Cl3N4S/c18-12-5-6-15(14(20)9-12)21-17(25)22-16-7-8-24(23-16)10-11-3-1-2-4-13(11)19/h1-9H,10H2,(H2,21,22,23,25). The first-order chi connectivity index (χ1) is 12.0. The van der Waals surface area contributed by atoms with Gasteiger partial charge in [0.05, 0.1) is 17.3 Å². The summed E-state index contributed by atoms with van der Waals surface area (Å²) in [5.41, 5.74) is 1.66. The zero-order valence-corrected chi connectivity index (χ0v) is 15.9. The van der Waals surface area contributed by atoms with Crippen LogP contribution in [-0.2, 0) is 6.54 Å². The van der Waals surface area contributed by atoms with Crippen LogP contribution in [0.25, 0.3) is 0 Å². The maximum Gasteiger partial charge on any atom is 0.176 e. The van der Waals surface area contributed by atoms with Gasteiger partial charge in [0.15, 0.2) is 10.9 Å². The summed E-state index contributed by atoms with van der Waals surface area (Å²) in [4.78, 5) is 0. The molecule has 0 aliphatic carbocycles. The molecule has 25 heavy (non-hydrogen) atoms. The van der Waals surface area contributed by atoms with Crippen molar-refractivity contribution in [3.05, 3.63) is 75.4 Å². The normalized spacial score (nSPS) is 10.5. The van der Waals surface area contributed by atoms with E-state index in [9.17, 15) is 0 Å². The Morgan fingerprint density at radius 3 is 2.56 bits per heavy atom. The number of aromatic nitrogens is 2. The molecule has 1 aromatic heterocycles. The third kappa shape index (κ3) is 4.86. The molecule has 0 radical (unpaired) electrons. The van der Waals surface area contributed by atoms with Crippen LogP contribution in [0.5, 0.6) is 0 Å². The van der Waals surface area contributed by atoms with Crippen molar-refractivity contribution < 1.29 is 0 Å². The number of hydrogen-bond donors (Lipinski definition) is 2. The number of halogens is 3. The Balaban J connectivity index is 1.63. The minimum Gasteiger partial charge on any atom is -0.331 e. The lowest BCUT2D eigenvalue weighted by molar-refractivity contribution is 0.690. The van der Waals surface area contributed by atoms with Crippen molar-refractivity contribution in [3.63, 3.8) is 0 Å². The average molecular weight is 412 g/mol. The molecule has 3 aromatic rings. The second-order valence-electron chi connectivity index (χ2n) is 5.19. The summed E-state index contributed by atoms with van der Waals surface area (Å²) < 4.78 is 1.78. The van der Waals surface area contributed by atoms with E-state index in [1.54, 1.807) is 22.9 Å². The average Bonchev–Trinajstić information content (AvgIpc) is 2.99. The molecule has 3 rings (SSSR count). The van der Waals surface area contributed by atoms with E-state index in [1.165, 1.54) is 0 Å². The summed E-state index contributed by atoms with van der Waals surface area (Å²) >= 11 is 23.5. The Hall–Kier alpha value is -1.79. The third-order valence-corrected chi connectivity index (χ3v) is 4.47. The van der Waals surface area contributed by atoms with Crippen molar-refractivity contribution in [3.8, 4) is 0 Å². The number of benzene rings is 2. The van der Waals surface area contributed by atoms with Crippen molar-refractivity contribution >= 4 is 63.6 Å². The molecule has 1 heterocycles. The van der Waals surface area contributed by atoms with Crippen LogP contribution in [0.15, 0.2) is 54.7 Å². The maximum absolute atomic E-state index is 6.17. The number of rotatable bonds is 4. The Morgan fingerprint density at radius 1 is 1.00 bits per heavy atom. The van der Waals surface area contributed by atoms with Gasteiger partial charge in [-0.15, -0.1) is 0 Å². The van der Waals surface area contributed by atoms with Gasteiger partial charge in [0, 0.05) is 22.3 Å². The number of nitrogens with one attached hydrogen (secondary N) is 2. The number of hydrogen-bond acceptors (Lipinski definition) is 2. The minimum atomic E-state index is 0.382. The van der Waals surface area contributed by atoms with Gasteiger partial charge >= 0.3 is 0 Å². The quantitative estimate of drug-likeness (QED) is 0.540. The molecule has 0 fully saturated rings. The fourth-order valence-corrected chi connectivity index (χ4v) is 3.04. The Morgan fingerprint density at radius 2 is 1.80 bits per heavy atom. The first kappa shape index (κ1) is 18.0. The van der Waals surface area contributed by atoms with Crippen molar-refractivity contribution in [2.24, 2.45) is 0 Å². The van der Waals surface area contributed by atoms with Crippen molar-refractivity contribution in [2.45, 2.75) is 6.54 Å². The lowest BCUT2D eigenvalue weighted by Gasteiger charge is -2.10. The van der Waals surface area contributed by atoms with Crippen LogP contribution in [0, 0.1) is 0 Å². The van der Waals surface area contributed by atoms with E-state index < -0.39 is 0 Å². The SMILES string of the molecule is S=C(Nc1ccn(Cc2ccccc2Cl)n1)Nc1ccc(Cl)cc1Cl. The van der Waals surface area contributed by atoms with E-state index >= 15 is 0 Å². The van der Waals surface area contributed by atoms with Crippen LogP contribution in [0.2, 0.25) is 15.1 Å². The van der Waals surface area contributed by atoms with Crippen molar-refractivity contribution in [1.82, 2.24) is 9.78 Å². The first-order valence-corrected chi connectivity index (χ1v) is 8.85. The predicted molar refractivity (Wildman–Crippen MR) is 109 cm³/mol. The molecule has 0 bridgehead atoms. The summed E-state index contributed by atoms with van der Waals surface area (Å²) in [6, 6.07) is 14.6. The Labute approximate surface area is 165 Å². The second kappa shape index (κ2) is 8.06. The molecule has 0 atom stereocenters. The minimum absolute atomic E-state index is 0.382. The zero-order chi connectivity index (χ0) is 17.8. The fourth-order valence-electron chi connectivity index (χ4n) is 2.18. The van der Waals surface area contributed by atoms with Gasteiger partial charge < -0.3 is 10.6 Å². The molecule has 0 aliphatic heterocycles. The van der Waals surface area contributed by atoms with Crippen LogP contribution in [-0.4, -0.2) is 14.9 Å². The molecule has 0 aliphatic rings. The predicted octanol–water partition coefficient (Wildman–Crippen LogP) is 5.70. The van der Waals surface area contributed by atoms with E-state index in [0.29, 0.717) is 38.2 Å². The third-order valence-electron chi connectivity index (χ3n) is 3.35. The number of thiocarbonyl (C=S) groups is 1. The summed E-state index contributed by atoms with van der Waals surface area (Å²) in [7, 11) is 0. The highest BCUT2D eigenvalue weighted by molar-refractivity contribution is 7.80. The second-order valence-corrected chi connectivity index (χ2v) is 6.85. The van der Waals surface area contributed by atoms with Gasteiger partial charge in [0.1, 0.15) is 0 Å². The molecule has 0 saturated heterocycles. The van der Waals surface area contributed by atoms with Gasteiger partial charge in [-0.3, -0.25) is 4.68 Å². The lowest BCUT2D eigenvalue weighted by atomic mass is 10.2. The zero-order valence-electron chi connectivity index (χ0n) is 12.8. The van der Waals surface area contributed by atoms with Crippen molar-refractivity contribution in [1.29, 1.82) is 0 Å². The van der Waals surface area contributed by atoms with Gasteiger partial charge in [-0.1, -0.05) is 53.0 Å². The number of anilines is 2. The largest absolute Gasteiger partial charge is 0.331 e. The number of nitrogens with zero attached hydrogens (tertiary/aromatic N) is 2. The highest BCUT2D eigenvalue weighted by Crippen LogP contribution is 2.25. The summed E-state index contributed by atoms with van der Waals surface area (Å²) in [5, 5.41) is 12.6. The van der Waals surface area contributed by atoms with Crippen LogP contribution in [0.1, 0.15) is 5.56 Å². The fraction of sp³-hybridized carbons (Fsp3) is 0.0588. The molecule has 2 aromatic carbocycles. The van der Waals surface area contributed by atoms with Crippen LogP contribution in [0.4, 0.5) is 11.5 Å². The summed E-state index contributed by atoms with van der Waals surface area (Å²) in [5.74, 6) is 0.620. The monoisotopic (exact) mass is 410 g/mol. The van der Waals surface area contributed by atoms with Crippen LogP contribution >= 0.6 is 47.0 Å². The Bertz CT molecular complexity index is 910. The van der Waals surface area contributed by atoms with E-state index in [4.69, 9.17) is 47.0 Å². The molecular weight excluding hydrogens is 399 g/mol. The molecule has 4 nitrogen and oxygen atoms in total. The molecule has 0 saturated carbocycles. The smallest absolute Gasteiger partial charge is 0.176 e. The first-order valence-electron chi connectivity index (χ1n) is 7.31. The molecule has 0 amide bonds. The summed E-state index contributed by atoms with van der Waals surface area (Å²) in [6.45, 7) is 0.574. The van der Waals surface area contributed by atoms with Gasteiger partial charge in [-0.25, -0.2) is 0 Å². The molecular formula is C17H13Cl3N4S. The van der Waals surface area contributed by atoms with Crippen LogP contribution in [0.3, 0.4) is 0 Å². The van der Waals surface area contributed by atoms with Gasteiger partial charge in [-0.2, -0.15) is 5.10 Å². The van der Waals surface area contributed by atoms with Gasteiger partial charge in [0.2, 0.25) is 0 Å². The lowest BCUT2D eigenvalue weighted by Crippen LogP contribution is -2.19. The van der Waals surface area contributed by atoms with E-state index in [2.05, 4.69) is 15.7 Å². The van der Waals surface area contributed by atoms with Gasteiger partial charge in [0.25, 0.3) is 0 Å². The van der Waals surface area contributed by atoms with Crippen molar-refractivity contribution in [2.75, 3.05) is 10.6 Å². The Kier molecular flexibility index (Phi) is 5.81.